The van der Waals surface area contributed by atoms with Crippen LogP contribution >= 0.6 is 0 Å². The number of nitrogens with one attached hydrogen (secondary N) is 1. The van der Waals surface area contributed by atoms with Gasteiger partial charge in [0.2, 0.25) is 5.91 Å². The molecule has 0 radical (unpaired) electrons. The molecule has 1 aromatic carbocycles. The second-order valence-corrected chi connectivity index (χ2v) is 3.36. The third-order valence-electron chi connectivity index (χ3n) is 2.03. The maximum Gasteiger partial charge on any atom is 0.269 e. The molecule has 0 aliphatic carbocycles. The van der Waals surface area contributed by atoms with Crippen LogP contribution in [-0.4, -0.2) is 30.6 Å². The Morgan fingerprint density at radius 3 is 2.59 bits per heavy atom. The molecule has 17 heavy (non-hydrogen) atoms. The summed E-state index contributed by atoms with van der Waals surface area (Å²) in [7, 11) is 1.44. The van der Waals surface area contributed by atoms with Crippen molar-refractivity contribution in [3.05, 3.63) is 34.4 Å². The number of benzene rings is 1. The molecule has 1 atom stereocenters. The van der Waals surface area contributed by atoms with Gasteiger partial charge >= 0.3 is 0 Å². The number of nitro benzene ring substituents is 1. The van der Waals surface area contributed by atoms with Gasteiger partial charge in [0.15, 0.2) is 0 Å². The maximum absolute atomic E-state index is 11.5. The number of anilines is 1. The lowest BCUT2D eigenvalue weighted by Gasteiger charge is -2.10. The molecule has 0 aliphatic heterocycles. The van der Waals surface area contributed by atoms with Gasteiger partial charge in [0.25, 0.3) is 5.69 Å². The van der Waals surface area contributed by atoms with Crippen molar-refractivity contribution in [3.63, 3.8) is 0 Å². The van der Waals surface area contributed by atoms with Crippen molar-refractivity contribution in [2.45, 2.75) is 6.04 Å². The van der Waals surface area contributed by atoms with Crippen molar-refractivity contribution in [1.29, 1.82) is 0 Å². The molecule has 7 nitrogen and oxygen atoms in total. The molecule has 1 rings (SSSR count). The molecular formula is C10H13N3O4. The second-order valence-electron chi connectivity index (χ2n) is 3.36. The molecule has 92 valence electrons. The number of carbonyl (C=O) groups is 1. The number of ether oxygens (including phenoxy) is 1. The van der Waals surface area contributed by atoms with E-state index >= 15 is 0 Å². The van der Waals surface area contributed by atoms with Gasteiger partial charge in [-0.15, -0.1) is 0 Å². The van der Waals surface area contributed by atoms with Crippen LogP contribution in [0.25, 0.3) is 0 Å². The molecule has 7 heteroatoms. The SMILES string of the molecule is COCC(N)C(=O)Nc1ccc([N+](=O)[O-])cc1. The molecule has 3 N–H and O–H groups in total. The van der Waals surface area contributed by atoms with E-state index in [4.69, 9.17) is 10.5 Å². The molecule has 0 bridgehead atoms. The fourth-order valence-electron chi connectivity index (χ4n) is 1.16. The summed E-state index contributed by atoms with van der Waals surface area (Å²) in [6, 6.07) is 4.72. The summed E-state index contributed by atoms with van der Waals surface area (Å²) in [6.45, 7) is 0.110. The zero-order valence-corrected chi connectivity index (χ0v) is 9.25. The van der Waals surface area contributed by atoms with Crippen LogP contribution in [-0.2, 0) is 9.53 Å². The van der Waals surface area contributed by atoms with Crippen LogP contribution in [0.5, 0.6) is 0 Å². The number of carbonyl (C=O) groups excluding carboxylic acids is 1. The van der Waals surface area contributed by atoms with Crippen LogP contribution in [0, 0.1) is 10.1 Å². The van der Waals surface area contributed by atoms with Gasteiger partial charge < -0.3 is 15.8 Å². The van der Waals surface area contributed by atoms with Crippen LogP contribution in [0.3, 0.4) is 0 Å². The Hall–Kier alpha value is -1.99. The van der Waals surface area contributed by atoms with Gasteiger partial charge in [0.1, 0.15) is 6.04 Å². The number of hydrogen-bond acceptors (Lipinski definition) is 5. The van der Waals surface area contributed by atoms with Crippen LogP contribution < -0.4 is 11.1 Å². The lowest BCUT2D eigenvalue weighted by atomic mass is 10.2. The highest BCUT2D eigenvalue weighted by atomic mass is 16.6. The third-order valence-corrected chi connectivity index (χ3v) is 2.03. The summed E-state index contributed by atoms with van der Waals surface area (Å²) in [5.74, 6) is -0.402. The van der Waals surface area contributed by atoms with Crippen LogP contribution in [0.2, 0.25) is 0 Å². The van der Waals surface area contributed by atoms with Gasteiger partial charge in [-0.2, -0.15) is 0 Å². The quantitative estimate of drug-likeness (QED) is 0.574. The Morgan fingerprint density at radius 1 is 1.53 bits per heavy atom. The van der Waals surface area contributed by atoms with Crippen molar-refractivity contribution in [1.82, 2.24) is 0 Å². The van der Waals surface area contributed by atoms with E-state index in [9.17, 15) is 14.9 Å². The lowest BCUT2D eigenvalue weighted by Crippen LogP contribution is -2.39. The first kappa shape index (κ1) is 13.1. The van der Waals surface area contributed by atoms with Gasteiger partial charge in [-0.25, -0.2) is 0 Å². The minimum absolute atomic E-state index is 0.0378. The van der Waals surface area contributed by atoms with E-state index in [1.54, 1.807) is 0 Å². The largest absolute Gasteiger partial charge is 0.383 e. The van der Waals surface area contributed by atoms with Gasteiger partial charge in [0.05, 0.1) is 11.5 Å². The lowest BCUT2D eigenvalue weighted by molar-refractivity contribution is -0.384. The molecule has 0 aliphatic rings. The Bertz CT molecular complexity index is 405. The first-order valence-electron chi connectivity index (χ1n) is 4.84. The van der Waals surface area contributed by atoms with E-state index in [-0.39, 0.29) is 12.3 Å². The highest BCUT2D eigenvalue weighted by Crippen LogP contribution is 2.15. The number of non-ortho nitro benzene ring substituents is 1. The number of rotatable bonds is 5. The normalized spacial score (nSPS) is 11.9. The molecule has 0 saturated heterocycles. The molecule has 1 unspecified atom stereocenters. The molecule has 0 heterocycles. The van der Waals surface area contributed by atoms with Crippen molar-refractivity contribution in [2.24, 2.45) is 5.73 Å². The third kappa shape index (κ3) is 3.82. The van der Waals surface area contributed by atoms with E-state index in [1.165, 1.54) is 31.4 Å². The molecule has 0 spiro atoms. The first-order valence-corrected chi connectivity index (χ1v) is 4.84. The van der Waals surface area contributed by atoms with Crippen molar-refractivity contribution < 1.29 is 14.5 Å². The average Bonchev–Trinajstić information content (AvgIpc) is 2.30. The number of methoxy groups -OCH3 is 1. The molecule has 0 aromatic heterocycles. The van der Waals surface area contributed by atoms with E-state index in [0.717, 1.165) is 0 Å². The number of nitro groups is 1. The Labute approximate surface area is 97.7 Å². The summed E-state index contributed by atoms with van der Waals surface area (Å²) in [5, 5.41) is 12.9. The van der Waals surface area contributed by atoms with Gasteiger partial charge in [-0.1, -0.05) is 0 Å². The van der Waals surface area contributed by atoms with Gasteiger partial charge in [-0.05, 0) is 12.1 Å². The topological polar surface area (TPSA) is 107 Å². The molecule has 0 fully saturated rings. The Kier molecular flexibility index (Phi) is 4.56. The Balaban J connectivity index is 2.63. The van der Waals surface area contributed by atoms with Crippen molar-refractivity contribution in [2.75, 3.05) is 19.0 Å². The van der Waals surface area contributed by atoms with Crippen molar-refractivity contribution in [3.8, 4) is 0 Å². The van der Waals surface area contributed by atoms with E-state index < -0.39 is 16.9 Å². The number of amides is 1. The number of hydrogen-bond donors (Lipinski definition) is 2. The van der Waals surface area contributed by atoms with Crippen LogP contribution in [0.15, 0.2) is 24.3 Å². The molecule has 1 aromatic rings. The molecular weight excluding hydrogens is 226 g/mol. The highest BCUT2D eigenvalue weighted by Gasteiger charge is 2.13. The predicted molar refractivity (Wildman–Crippen MR) is 61.6 cm³/mol. The second kappa shape index (κ2) is 5.92. The Morgan fingerprint density at radius 2 is 2.12 bits per heavy atom. The van der Waals surface area contributed by atoms with Crippen LogP contribution in [0.1, 0.15) is 0 Å². The fourth-order valence-corrected chi connectivity index (χ4v) is 1.16. The minimum atomic E-state index is -0.768. The highest BCUT2D eigenvalue weighted by molar-refractivity contribution is 5.94. The van der Waals surface area contributed by atoms with Gasteiger partial charge in [-0.3, -0.25) is 14.9 Å². The molecule has 0 saturated carbocycles. The average molecular weight is 239 g/mol. The molecule has 1 amide bonds. The van der Waals surface area contributed by atoms with E-state index in [1.807, 2.05) is 0 Å². The summed E-state index contributed by atoms with van der Waals surface area (Å²) in [6.07, 6.45) is 0. The minimum Gasteiger partial charge on any atom is -0.383 e. The van der Waals surface area contributed by atoms with E-state index in [0.29, 0.717) is 5.69 Å². The monoisotopic (exact) mass is 239 g/mol. The number of nitrogens with zero attached hydrogens (tertiary/aromatic N) is 1. The zero-order valence-electron chi connectivity index (χ0n) is 9.25. The summed E-state index contributed by atoms with van der Waals surface area (Å²) >= 11 is 0. The summed E-state index contributed by atoms with van der Waals surface area (Å²) in [4.78, 5) is 21.4. The van der Waals surface area contributed by atoms with Crippen LogP contribution in [0.4, 0.5) is 11.4 Å². The predicted octanol–water partition coefficient (Wildman–Crippen LogP) is 0.507. The van der Waals surface area contributed by atoms with E-state index in [2.05, 4.69) is 5.32 Å². The fraction of sp³-hybridized carbons (Fsp3) is 0.300. The smallest absolute Gasteiger partial charge is 0.269 e. The zero-order chi connectivity index (χ0) is 12.8. The maximum atomic E-state index is 11.5. The first-order chi connectivity index (χ1) is 8.04. The summed E-state index contributed by atoms with van der Waals surface area (Å²) < 4.78 is 4.74. The standard InChI is InChI=1S/C10H13N3O4/c1-17-6-9(11)10(14)12-7-2-4-8(5-3-7)13(15)16/h2-5,9H,6,11H2,1H3,(H,12,14). The van der Waals surface area contributed by atoms with Gasteiger partial charge in [0, 0.05) is 24.9 Å². The van der Waals surface area contributed by atoms with Crippen molar-refractivity contribution >= 4 is 17.3 Å². The number of nitrogens with two attached hydrogens (primary N) is 1. The summed E-state index contributed by atoms with van der Waals surface area (Å²) in [5.41, 5.74) is 5.92.